The molecule has 3 aliphatic carbocycles. The SMILES string of the molecule is C[C@]12CC[C@@H]3c4ccc(O)cc4CC[C@H]3[C@@H]1CCC2OCC(=O)O. The third kappa shape index (κ3) is 2.43. The summed E-state index contributed by atoms with van der Waals surface area (Å²) in [5.41, 5.74) is 2.86. The highest BCUT2D eigenvalue weighted by atomic mass is 16.5. The molecule has 1 aromatic carbocycles. The zero-order valence-corrected chi connectivity index (χ0v) is 14.2. The number of aromatic hydroxyl groups is 1. The van der Waals surface area contributed by atoms with Crippen LogP contribution < -0.4 is 0 Å². The van der Waals surface area contributed by atoms with Crippen molar-refractivity contribution in [1.29, 1.82) is 0 Å². The summed E-state index contributed by atoms with van der Waals surface area (Å²) < 4.78 is 5.77. The highest BCUT2D eigenvalue weighted by Crippen LogP contribution is 2.61. The first kappa shape index (κ1) is 15.9. The number of benzene rings is 1. The standard InChI is InChI=1S/C20H26O4/c1-20-9-8-15-14-5-3-13(21)10-12(14)2-4-16(15)17(20)6-7-18(20)24-11-19(22)23/h3,5,10,15-18,21H,2,4,6-9,11H2,1H3,(H,22,23)/t15-,16-,17+,18?,20+/m1/s1. The zero-order chi connectivity index (χ0) is 16.9. The molecule has 130 valence electrons. The van der Waals surface area contributed by atoms with Gasteiger partial charge in [-0.25, -0.2) is 4.79 Å². The molecule has 0 saturated heterocycles. The average molecular weight is 330 g/mol. The molecule has 2 N–H and O–H groups in total. The minimum atomic E-state index is -0.873. The Hall–Kier alpha value is -1.55. The third-order valence-corrected chi connectivity index (χ3v) is 7.03. The lowest BCUT2D eigenvalue weighted by Crippen LogP contribution is -2.45. The van der Waals surface area contributed by atoms with E-state index in [4.69, 9.17) is 9.84 Å². The number of hydrogen-bond donors (Lipinski definition) is 2. The number of ether oxygens (including phenoxy) is 1. The molecule has 0 aliphatic heterocycles. The van der Waals surface area contributed by atoms with Gasteiger partial charge in [0.05, 0.1) is 6.10 Å². The van der Waals surface area contributed by atoms with Gasteiger partial charge >= 0.3 is 5.97 Å². The van der Waals surface area contributed by atoms with Gasteiger partial charge in [0.1, 0.15) is 12.4 Å². The van der Waals surface area contributed by atoms with Crippen LogP contribution in [0.3, 0.4) is 0 Å². The largest absolute Gasteiger partial charge is 0.508 e. The van der Waals surface area contributed by atoms with Crippen LogP contribution in [0.25, 0.3) is 0 Å². The summed E-state index contributed by atoms with van der Waals surface area (Å²) in [6.07, 6.45) is 6.67. The Labute approximate surface area is 142 Å². The second-order valence-corrected chi connectivity index (χ2v) is 8.11. The van der Waals surface area contributed by atoms with Crippen molar-refractivity contribution in [2.45, 2.75) is 57.5 Å². The first-order valence-corrected chi connectivity index (χ1v) is 9.14. The number of carbonyl (C=O) groups is 1. The van der Waals surface area contributed by atoms with Gasteiger partial charge in [-0.3, -0.25) is 0 Å². The summed E-state index contributed by atoms with van der Waals surface area (Å²) in [5.74, 6) is 1.37. The predicted octanol–water partition coefficient (Wildman–Crippen LogP) is 3.72. The number of phenols is 1. The minimum Gasteiger partial charge on any atom is -0.508 e. The quantitative estimate of drug-likeness (QED) is 0.886. The second kappa shape index (κ2) is 5.76. The van der Waals surface area contributed by atoms with E-state index in [2.05, 4.69) is 13.0 Å². The first-order valence-electron chi connectivity index (χ1n) is 9.14. The van der Waals surface area contributed by atoms with E-state index >= 15 is 0 Å². The molecule has 1 aromatic rings. The highest BCUT2D eigenvalue weighted by molar-refractivity contribution is 5.68. The summed E-state index contributed by atoms with van der Waals surface area (Å²) in [4.78, 5) is 10.9. The van der Waals surface area contributed by atoms with E-state index < -0.39 is 5.97 Å². The summed E-state index contributed by atoms with van der Waals surface area (Å²) >= 11 is 0. The van der Waals surface area contributed by atoms with E-state index in [-0.39, 0.29) is 18.1 Å². The molecule has 0 bridgehead atoms. The molecule has 0 radical (unpaired) electrons. The van der Waals surface area contributed by atoms with Gasteiger partial charge in [-0.15, -0.1) is 0 Å². The molecule has 2 fully saturated rings. The van der Waals surface area contributed by atoms with Crippen molar-refractivity contribution in [3.8, 4) is 5.75 Å². The normalized spacial score (nSPS) is 37.4. The minimum absolute atomic E-state index is 0.0840. The van der Waals surface area contributed by atoms with Gasteiger partial charge < -0.3 is 14.9 Å². The molecule has 2 saturated carbocycles. The van der Waals surface area contributed by atoms with Gasteiger partial charge in [0, 0.05) is 0 Å². The topological polar surface area (TPSA) is 66.8 Å². The van der Waals surface area contributed by atoms with Gasteiger partial charge in [-0.05, 0) is 85.0 Å². The molecule has 0 amide bonds. The highest BCUT2D eigenvalue weighted by Gasteiger charge is 2.55. The average Bonchev–Trinajstić information content (AvgIpc) is 2.89. The fourth-order valence-corrected chi connectivity index (χ4v) is 5.97. The van der Waals surface area contributed by atoms with Crippen molar-refractivity contribution in [3.05, 3.63) is 29.3 Å². The lowest BCUT2D eigenvalue weighted by Gasteiger charge is -2.50. The van der Waals surface area contributed by atoms with Crippen LogP contribution in [0.15, 0.2) is 18.2 Å². The summed E-state index contributed by atoms with van der Waals surface area (Å²) in [6, 6.07) is 5.88. The van der Waals surface area contributed by atoms with Crippen LogP contribution in [-0.2, 0) is 16.0 Å². The number of aliphatic carboxylic acids is 1. The van der Waals surface area contributed by atoms with Gasteiger partial charge in [-0.1, -0.05) is 13.0 Å². The molecule has 4 rings (SSSR count). The third-order valence-electron chi connectivity index (χ3n) is 7.03. The predicted molar refractivity (Wildman–Crippen MR) is 90.1 cm³/mol. The molecule has 5 atom stereocenters. The molecular weight excluding hydrogens is 304 g/mol. The van der Waals surface area contributed by atoms with Crippen molar-refractivity contribution in [2.75, 3.05) is 6.61 Å². The maximum atomic E-state index is 10.9. The number of hydrogen-bond acceptors (Lipinski definition) is 3. The number of phenolic OH excluding ortho intramolecular Hbond substituents is 1. The fourth-order valence-electron chi connectivity index (χ4n) is 5.97. The maximum Gasteiger partial charge on any atom is 0.329 e. The van der Waals surface area contributed by atoms with E-state index in [0.717, 1.165) is 32.1 Å². The van der Waals surface area contributed by atoms with Crippen molar-refractivity contribution in [2.24, 2.45) is 17.3 Å². The molecule has 3 aliphatic rings. The molecule has 4 nitrogen and oxygen atoms in total. The lowest BCUT2D eigenvalue weighted by atomic mass is 9.55. The molecule has 24 heavy (non-hydrogen) atoms. The molecule has 0 heterocycles. The molecule has 0 aromatic heterocycles. The van der Waals surface area contributed by atoms with Gasteiger partial charge in [0.25, 0.3) is 0 Å². The Morgan fingerprint density at radius 2 is 2.12 bits per heavy atom. The van der Waals surface area contributed by atoms with Crippen molar-refractivity contribution in [3.63, 3.8) is 0 Å². The monoisotopic (exact) mass is 330 g/mol. The molecule has 4 heteroatoms. The summed E-state index contributed by atoms with van der Waals surface area (Å²) in [7, 11) is 0. The first-order chi connectivity index (χ1) is 11.5. The van der Waals surface area contributed by atoms with E-state index in [1.54, 1.807) is 0 Å². The van der Waals surface area contributed by atoms with Gasteiger partial charge in [0.15, 0.2) is 0 Å². The number of carboxylic acids is 1. The van der Waals surface area contributed by atoms with Crippen molar-refractivity contribution >= 4 is 5.97 Å². The maximum absolute atomic E-state index is 10.9. The summed E-state index contributed by atoms with van der Waals surface area (Å²) in [5, 5.41) is 18.7. The fraction of sp³-hybridized carbons (Fsp3) is 0.650. The van der Waals surface area contributed by atoms with Crippen LogP contribution in [0, 0.1) is 17.3 Å². The smallest absolute Gasteiger partial charge is 0.329 e. The number of carboxylic acid groups (broad SMARTS) is 1. The van der Waals surface area contributed by atoms with Crippen molar-refractivity contribution < 1.29 is 19.7 Å². The lowest BCUT2D eigenvalue weighted by molar-refractivity contribution is -0.148. The number of rotatable bonds is 3. The van der Waals surface area contributed by atoms with Crippen LogP contribution in [0.1, 0.15) is 56.1 Å². The van der Waals surface area contributed by atoms with Crippen LogP contribution in [0.2, 0.25) is 0 Å². The van der Waals surface area contributed by atoms with E-state index in [0.29, 0.717) is 23.5 Å². The second-order valence-electron chi connectivity index (χ2n) is 8.11. The molecule has 0 spiro atoms. The van der Waals surface area contributed by atoms with Crippen LogP contribution in [-0.4, -0.2) is 28.9 Å². The summed E-state index contributed by atoms with van der Waals surface area (Å²) in [6.45, 7) is 2.14. The van der Waals surface area contributed by atoms with Gasteiger partial charge in [0.2, 0.25) is 0 Å². The Kier molecular flexibility index (Phi) is 3.83. The van der Waals surface area contributed by atoms with Crippen LogP contribution >= 0.6 is 0 Å². The number of fused-ring (bicyclic) bond motifs is 5. The van der Waals surface area contributed by atoms with Crippen LogP contribution in [0.4, 0.5) is 0 Å². The van der Waals surface area contributed by atoms with Gasteiger partial charge in [-0.2, -0.15) is 0 Å². The Morgan fingerprint density at radius 3 is 2.92 bits per heavy atom. The van der Waals surface area contributed by atoms with Crippen LogP contribution in [0.5, 0.6) is 5.75 Å². The molecular formula is C20H26O4. The zero-order valence-electron chi connectivity index (χ0n) is 14.2. The van der Waals surface area contributed by atoms with Crippen molar-refractivity contribution in [1.82, 2.24) is 0 Å². The number of aryl methyl sites for hydroxylation is 1. The Bertz CT molecular complexity index is 655. The Morgan fingerprint density at radius 1 is 1.29 bits per heavy atom. The molecule has 1 unspecified atom stereocenters. The van der Waals surface area contributed by atoms with E-state index in [1.165, 1.54) is 17.5 Å². The van der Waals surface area contributed by atoms with E-state index in [1.807, 2.05) is 12.1 Å². The van der Waals surface area contributed by atoms with E-state index in [9.17, 15) is 9.90 Å². The Balaban J connectivity index is 1.57.